The minimum Gasteiger partial charge on any atom is -0.454 e. The van der Waals surface area contributed by atoms with E-state index in [9.17, 15) is 13.2 Å². The summed E-state index contributed by atoms with van der Waals surface area (Å²) >= 11 is 0. The summed E-state index contributed by atoms with van der Waals surface area (Å²) in [5.41, 5.74) is 5.82. The Hall–Kier alpha value is -1.43. The van der Waals surface area contributed by atoms with Gasteiger partial charge in [0.1, 0.15) is 0 Å². The normalized spacial score (nSPS) is 16.2. The Kier molecular flexibility index (Phi) is 2.67. The van der Waals surface area contributed by atoms with Crippen molar-refractivity contribution < 1.29 is 22.6 Å². The van der Waals surface area contributed by atoms with Crippen molar-refractivity contribution in [2.75, 3.05) is 6.79 Å². The van der Waals surface area contributed by atoms with Crippen LogP contribution in [0.25, 0.3) is 0 Å². The monoisotopic (exact) mass is 233 g/mol. The minimum absolute atomic E-state index is 0.0189. The van der Waals surface area contributed by atoms with Crippen molar-refractivity contribution >= 4 is 0 Å². The molecule has 0 radical (unpaired) electrons. The largest absolute Gasteiger partial charge is 0.454 e. The molecule has 6 heteroatoms. The van der Waals surface area contributed by atoms with Gasteiger partial charge in [-0.05, 0) is 6.07 Å². The third-order valence-electron chi connectivity index (χ3n) is 2.28. The highest BCUT2D eigenvalue weighted by atomic mass is 19.4. The van der Waals surface area contributed by atoms with Gasteiger partial charge in [0.15, 0.2) is 11.5 Å². The Bertz CT molecular complexity index is 392. The maximum Gasteiger partial charge on any atom is 0.390 e. The fraction of sp³-hybridized carbons (Fsp3) is 0.400. The summed E-state index contributed by atoms with van der Waals surface area (Å²) < 4.78 is 46.7. The molecule has 2 rings (SSSR count). The molecule has 1 aliphatic heterocycles. The second-order valence-electron chi connectivity index (χ2n) is 3.51. The molecule has 1 heterocycles. The molecule has 0 bridgehead atoms. The number of alkyl halides is 3. The van der Waals surface area contributed by atoms with Gasteiger partial charge in [-0.3, -0.25) is 0 Å². The first-order chi connectivity index (χ1) is 7.47. The Labute approximate surface area is 89.9 Å². The summed E-state index contributed by atoms with van der Waals surface area (Å²) in [6.45, 7) is 0.0189. The SMILES string of the molecule is N[C@H](CC(F)(F)F)c1cccc2c1OCO2. The van der Waals surface area contributed by atoms with E-state index in [-0.39, 0.29) is 6.79 Å². The van der Waals surface area contributed by atoms with Crippen molar-refractivity contribution in [3.63, 3.8) is 0 Å². The number of benzene rings is 1. The molecule has 0 saturated carbocycles. The third-order valence-corrected chi connectivity index (χ3v) is 2.28. The fourth-order valence-corrected chi connectivity index (χ4v) is 1.60. The van der Waals surface area contributed by atoms with Gasteiger partial charge in [-0.2, -0.15) is 13.2 Å². The van der Waals surface area contributed by atoms with Crippen LogP contribution in [0.1, 0.15) is 18.0 Å². The predicted octanol–water partition coefficient (Wildman–Crippen LogP) is 2.37. The van der Waals surface area contributed by atoms with Gasteiger partial charge in [-0.25, -0.2) is 0 Å². The minimum atomic E-state index is -4.29. The molecule has 0 fully saturated rings. The lowest BCUT2D eigenvalue weighted by atomic mass is 10.0. The highest BCUT2D eigenvalue weighted by Crippen LogP contribution is 2.40. The highest BCUT2D eigenvalue weighted by molar-refractivity contribution is 5.49. The van der Waals surface area contributed by atoms with E-state index in [0.29, 0.717) is 17.1 Å². The van der Waals surface area contributed by atoms with Gasteiger partial charge in [0.25, 0.3) is 0 Å². The molecule has 0 unspecified atom stereocenters. The number of rotatable bonds is 2. The number of hydrogen-bond donors (Lipinski definition) is 1. The summed E-state index contributed by atoms with van der Waals surface area (Å²) in [5.74, 6) is 0.759. The third kappa shape index (κ3) is 2.21. The van der Waals surface area contributed by atoms with Crippen LogP contribution < -0.4 is 15.2 Å². The van der Waals surface area contributed by atoms with Crippen molar-refractivity contribution in [1.29, 1.82) is 0 Å². The van der Waals surface area contributed by atoms with Crippen molar-refractivity contribution in [3.8, 4) is 11.5 Å². The van der Waals surface area contributed by atoms with Crippen LogP contribution in [-0.4, -0.2) is 13.0 Å². The molecular weight excluding hydrogens is 223 g/mol. The number of ether oxygens (including phenoxy) is 2. The van der Waals surface area contributed by atoms with Gasteiger partial charge in [0.05, 0.1) is 6.42 Å². The Morgan fingerprint density at radius 2 is 2.06 bits per heavy atom. The van der Waals surface area contributed by atoms with Crippen LogP contribution >= 0.6 is 0 Å². The van der Waals surface area contributed by atoms with E-state index in [1.165, 1.54) is 6.07 Å². The first-order valence-electron chi connectivity index (χ1n) is 4.68. The molecule has 1 aromatic carbocycles. The summed E-state index contributed by atoms with van der Waals surface area (Å²) in [6.07, 6.45) is -5.37. The van der Waals surface area contributed by atoms with Crippen molar-refractivity contribution in [1.82, 2.24) is 0 Å². The van der Waals surface area contributed by atoms with Crippen LogP contribution in [0.2, 0.25) is 0 Å². The summed E-state index contributed by atoms with van der Waals surface area (Å²) in [7, 11) is 0. The Morgan fingerprint density at radius 1 is 1.31 bits per heavy atom. The number of halogens is 3. The first kappa shape index (κ1) is 11.1. The predicted molar refractivity (Wildman–Crippen MR) is 50.2 cm³/mol. The van der Waals surface area contributed by atoms with Crippen LogP contribution in [0, 0.1) is 0 Å². The second kappa shape index (κ2) is 3.86. The van der Waals surface area contributed by atoms with Gasteiger partial charge >= 0.3 is 6.18 Å². The molecular formula is C10H10F3NO2. The quantitative estimate of drug-likeness (QED) is 0.852. The van der Waals surface area contributed by atoms with Crippen molar-refractivity contribution in [2.24, 2.45) is 5.73 Å². The lowest BCUT2D eigenvalue weighted by Gasteiger charge is -2.15. The zero-order chi connectivity index (χ0) is 11.8. The Balaban J connectivity index is 2.24. The zero-order valence-corrected chi connectivity index (χ0v) is 8.25. The molecule has 16 heavy (non-hydrogen) atoms. The van der Waals surface area contributed by atoms with Crippen LogP contribution in [-0.2, 0) is 0 Å². The number of para-hydroxylation sites is 1. The maximum atomic E-state index is 12.2. The average Bonchev–Trinajstić information content (AvgIpc) is 2.61. The molecule has 1 atom stereocenters. The maximum absolute atomic E-state index is 12.2. The van der Waals surface area contributed by atoms with E-state index in [1.807, 2.05) is 0 Å². The molecule has 0 aliphatic carbocycles. The van der Waals surface area contributed by atoms with Crippen LogP contribution in [0.4, 0.5) is 13.2 Å². The highest BCUT2D eigenvalue weighted by Gasteiger charge is 2.33. The Morgan fingerprint density at radius 3 is 2.75 bits per heavy atom. The smallest absolute Gasteiger partial charge is 0.390 e. The lowest BCUT2D eigenvalue weighted by Crippen LogP contribution is -2.20. The van der Waals surface area contributed by atoms with Gasteiger partial charge < -0.3 is 15.2 Å². The molecule has 1 aromatic rings. The number of nitrogens with two attached hydrogens (primary N) is 1. The van der Waals surface area contributed by atoms with E-state index in [2.05, 4.69) is 0 Å². The summed E-state index contributed by atoms with van der Waals surface area (Å²) in [5, 5.41) is 0. The average molecular weight is 233 g/mol. The van der Waals surface area contributed by atoms with E-state index in [4.69, 9.17) is 15.2 Å². The molecule has 0 aromatic heterocycles. The molecule has 3 nitrogen and oxygen atoms in total. The summed E-state index contributed by atoms with van der Waals surface area (Å²) in [6, 6.07) is 3.62. The molecule has 0 amide bonds. The first-order valence-corrected chi connectivity index (χ1v) is 4.68. The lowest BCUT2D eigenvalue weighted by molar-refractivity contribution is -0.138. The second-order valence-corrected chi connectivity index (χ2v) is 3.51. The van der Waals surface area contributed by atoms with Crippen molar-refractivity contribution in [3.05, 3.63) is 23.8 Å². The van der Waals surface area contributed by atoms with Gasteiger partial charge in [-0.1, -0.05) is 12.1 Å². The molecule has 2 N–H and O–H groups in total. The molecule has 88 valence electrons. The van der Waals surface area contributed by atoms with Gasteiger partial charge in [0.2, 0.25) is 6.79 Å². The van der Waals surface area contributed by atoms with Crippen LogP contribution in [0.5, 0.6) is 11.5 Å². The van der Waals surface area contributed by atoms with E-state index >= 15 is 0 Å². The van der Waals surface area contributed by atoms with E-state index in [0.717, 1.165) is 0 Å². The standard InChI is InChI=1S/C10H10F3NO2/c11-10(12,13)4-7(14)6-2-1-3-8-9(6)16-5-15-8/h1-3,7H,4-5,14H2/t7-/m1/s1. The van der Waals surface area contributed by atoms with E-state index < -0.39 is 18.6 Å². The fourth-order valence-electron chi connectivity index (χ4n) is 1.60. The van der Waals surface area contributed by atoms with E-state index in [1.54, 1.807) is 12.1 Å². The van der Waals surface area contributed by atoms with Gasteiger partial charge in [-0.15, -0.1) is 0 Å². The molecule has 0 spiro atoms. The molecule has 0 saturated heterocycles. The number of fused-ring (bicyclic) bond motifs is 1. The van der Waals surface area contributed by atoms with Gasteiger partial charge in [0, 0.05) is 11.6 Å². The number of hydrogen-bond acceptors (Lipinski definition) is 3. The summed E-state index contributed by atoms with van der Waals surface area (Å²) in [4.78, 5) is 0. The van der Waals surface area contributed by atoms with Crippen LogP contribution in [0.15, 0.2) is 18.2 Å². The topological polar surface area (TPSA) is 44.5 Å². The van der Waals surface area contributed by atoms with Crippen LogP contribution in [0.3, 0.4) is 0 Å². The zero-order valence-electron chi connectivity index (χ0n) is 8.25. The van der Waals surface area contributed by atoms with Crippen molar-refractivity contribution in [2.45, 2.75) is 18.6 Å². The molecule has 1 aliphatic rings.